The van der Waals surface area contributed by atoms with E-state index in [0.29, 0.717) is 23.6 Å². The maximum absolute atomic E-state index is 11.5. The quantitative estimate of drug-likeness (QED) is 0.840. The molecule has 2 N–H and O–H groups in total. The number of carbonyl (C=O) groups is 2. The first-order chi connectivity index (χ1) is 8.66. The van der Waals surface area contributed by atoms with Gasteiger partial charge in [0.15, 0.2) is 0 Å². The molecule has 5 nitrogen and oxygen atoms in total. The number of nitrogens with zero attached hydrogens (tertiary/aromatic N) is 1. The Morgan fingerprint density at radius 1 is 1.39 bits per heavy atom. The van der Waals surface area contributed by atoms with Crippen molar-refractivity contribution >= 4 is 28.6 Å². The van der Waals surface area contributed by atoms with Crippen LogP contribution in [0.15, 0.2) is 24.3 Å². The van der Waals surface area contributed by atoms with Crippen molar-refractivity contribution in [3.8, 4) is 5.75 Å². The molecule has 18 heavy (non-hydrogen) atoms. The first-order valence-corrected chi connectivity index (χ1v) is 6.61. The number of benzene rings is 1. The molecule has 2 rings (SSSR count). The highest BCUT2D eigenvalue weighted by atomic mass is 32.2. The molecule has 0 aromatic heterocycles. The van der Waals surface area contributed by atoms with Crippen molar-refractivity contribution in [3.05, 3.63) is 24.3 Å². The van der Waals surface area contributed by atoms with Gasteiger partial charge in [-0.2, -0.15) is 0 Å². The monoisotopic (exact) mass is 266 g/mol. The van der Waals surface area contributed by atoms with Crippen molar-refractivity contribution < 1.29 is 14.3 Å². The van der Waals surface area contributed by atoms with Gasteiger partial charge in [-0.25, -0.2) is 0 Å². The van der Waals surface area contributed by atoms with E-state index in [4.69, 9.17) is 10.5 Å². The summed E-state index contributed by atoms with van der Waals surface area (Å²) in [6.07, 6.45) is 0.411. The van der Waals surface area contributed by atoms with Gasteiger partial charge in [0.05, 0.1) is 6.54 Å². The van der Waals surface area contributed by atoms with E-state index in [0.717, 1.165) is 0 Å². The van der Waals surface area contributed by atoms with Gasteiger partial charge in [-0.05, 0) is 12.1 Å². The molecule has 96 valence electrons. The molecule has 1 aliphatic rings. The molecule has 0 atom stereocenters. The van der Waals surface area contributed by atoms with Gasteiger partial charge in [-0.3, -0.25) is 14.5 Å². The van der Waals surface area contributed by atoms with E-state index in [1.165, 1.54) is 16.7 Å². The Morgan fingerprint density at radius 2 is 2.22 bits per heavy atom. The minimum absolute atomic E-state index is 0.130. The summed E-state index contributed by atoms with van der Waals surface area (Å²) in [5, 5.41) is -0.192. The van der Waals surface area contributed by atoms with E-state index < -0.39 is 0 Å². The molecule has 1 aromatic carbocycles. The predicted molar refractivity (Wildman–Crippen MR) is 70.5 cm³/mol. The number of rotatable bonds is 4. The number of thioether (sulfide) groups is 1. The topological polar surface area (TPSA) is 72.6 Å². The zero-order valence-electron chi connectivity index (χ0n) is 9.80. The van der Waals surface area contributed by atoms with Crippen LogP contribution in [0.4, 0.5) is 10.5 Å². The lowest BCUT2D eigenvalue weighted by atomic mass is 10.3. The van der Waals surface area contributed by atoms with Crippen molar-refractivity contribution in [2.45, 2.75) is 6.42 Å². The molecule has 0 bridgehead atoms. The fourth-order valence-electron chi connectivity index (χ4n) is 1.62. The van der Waals surface area contributed by atoms with Gasteiger partial charge >= 0.3 is 0 Å². The van der Waals surface area contributed by atoms with E-state index >= 15 is 0 Å². The Kier molecular flexibility index (Phi) is 4.09. The Bertz CT molecular complexity index is 448. The molecular formula is C12H14N2O3S. The molecule has 0 spiro atoms. The number of amides is 2. The van der Waals surface area contributed by atoms with Gasteiger partial charge in [0.25, 0.3) is 5.24 Å². The molecule has 2 amide bonds. The molecule has 1 fully saturated rings. The number of imide groups is 1. The summed E-state index contributed by atoms with van der Waals surface area (Å²) < 4.78 is 5.45. The van der Waals surface area contributed by atoms with E-state index in [1.54, 1.807) is 24.3 Å². The number of ether oxygens (including phenoxy) is 1. The van der Waals surface area contributed by atoms with Crippen LogP contribution in [-0.2, 0) is 4.79 Å². The Morgan fingerprint density at radius 3 is 2.94 bits per heavy atom. The molecule has 0 aliphatic carbocycles. The van der Waals surface area contributed by atoms with E-state index in [2.05, 4.69) is 0 Å². The predicted octanol–water partition coefficient (Wildman–Crippen LogP) is 1.73. The maximum atomic E-state index is 11.5. The third-order valence-corrected chi connectivity index (χ3v) is 3.38. The van der Waals surface area contributed by atoms with E-state index in [9.17, 15) is 9.59 Å². The lowest BCUT2D eigenvalue weighted by Gasteiger charge is -2.23. The molecule has 1 aliphatic heterocycles. The van der Waals surface area contributed by atoms with Crippen molar-refractivity contribution in [2.24, 2.45) is 0 Å². The normalized spacial score (nSPS) is 15.9. The summed E-state index contributed by atoms with van der Waals surface area (Å²) in [4.78, 5) is 24.2. The average molecular weight is 266 g/mol. The largest absolute Gasteiger partial charge is 0.492 e. The van der Waals surface area contributed by atoms with Crippen LogP contribution in [0.3, 0.4) is 0 Å². The van der Waals surface area contributed by atoms with Gasteiger partial charge in [0, 0.05) is 23.9 Å². The Hall–Kier alpha value is -1.69. The number of hydrogen-bond donors (Lipinski definition) is 1. The molecule has 0 saturated carbocycles. The second-order valence-corrected chi connectivity index (χ2v) is 4.88. The molecular weight excluding hydrogens is 252 g/mol. The van der Waals surface area contributed by atoms with Crippen molar-refractivity contribution in [2.75, 3.05) is 24.6 Å². The highest BCUT2D eigenvalue weighted by Crippen LogP contribution is 2.18. The lowest BCUT2D eigenvalue weighted by Crippen LogP contribution is -2.40. The SMILES string of the molecule is Nc1cccc(OCCN2C(=O)CCSC2=O)c1. The van der Waals surface area contributed by atoms with Crippen molar-refractivity contribution in [1.82, 2.24) is 4.90 Å². The van der Waals surface area contributed by atoms with Gasteiger partial charge in [0.2, 0.25) is 5.91 Å². The second kappa shape index (κ2) is 5.77. The van der Waals surface area contributed by atoms with Crippen LogP contribution in [0, 0.1) is 0 Å². The summed E-state index contributed by atoms with van der Waals surface area (Å²) >= 11 is 1.17. The minimum Gasteiger partial charge on any atom is -0.492 e. The van der Waals surface area contributed by atoms with Crippen molar-refractivity contribution in [3.63, 3.8) is 0 Å². The molecule has 1 saturated heterocycles. The fourth-order valence-corrected chi connectivity index (χ4v) is 2.42. The summed E-state index contributed by atoms with van der Waals surface area (Å²) in [7, 11) is 0. The molecule has 0 unspecified atom stereocenters. The Labute approximate surface area is 109 Å². The zero-order chi connectivity index (χ0) is 13.0. The first kappa shape index (κ1) is 12.8. The summed E-state index contributed by atoms with van der Waals surface area (Å²) in [5.74, 6) is 1.08. The second-order valence-electron chi connectivity index (χ2n) is 3.83. The van der Waals surface area contributed by atoms with Crippen LogP contribution in [0.25, 0.3) is 0 Å². The average Bonchev–Trinajstić information content (AvgIpc) is 2.33. The number of nitrogens with two attached hydrogens (primary N) is 1. The smallest absolute Gasteiger partial charge is 0.288 e. The highest BCUT2D eigenvalue weighted by Gasteiger charge is 2.26. The van der Waals surface area contributed by atoms with Crippen LogP contribution in [0.1, 0.15) is 6.42 Å². The third kappa shape index (κ3) is 3.16. The zero-order valence-corrected chi connectivity index (χ0v) is 10.6. The molecule has 6 heteroatoms. The standard InChI is InChI=1S/C12H14N2O3S/c13-9-2-1-3-10(8-9)17-6-5-14-11(15)4-7-18-12(14)16/h1-3,8H,4-7,13H2. The Balaban J connectivity index is 1.84. The molecule has 1 heterocycles. The van der Waals surface area contributed by atoms with Crippen LogP contribution in [0.2, 0.25) is 0 Å². The minimum atomic E-state index is -0.192. The van der Waals surface area contributed by atoms with Gasteiger partial charge < -0.3 is 10.5 Å². The summed E-state index contributed by atoms with van der Waals surface area (Å²) in [6, 6.07) is 7.04. The number of carbonyl (C=O) groups excluding carboxylic acids is 2. The van der Waals surface area contributed by atoms with E-state index in [1.807, 2.05) is 0 Å². The van der Waals surface area contributed by atoms with Crippen LogP contribution >= 0.6 is 11.8 Å². The number of anilines is 1. The fraction of sp³-hybridized carbons (Fsp3) is 0.333. The number of nitrogen functional groups attached to an aromatic ring is 1. The third-order valence-electron chi connectivity index (χ3n) is 2.50. The van der Waals surface area contributed by atoms with Gasteiger partial charge in [-0.15, -0.1) is 0 Å². The van der Waals surface area contributed by atoms with Crippen LogP contribution in [-0.4, -0.2) is 35.0 Å². The molecule has 0 radical (unpaired) electrons. The number of hydrogen-bond acceptors (Lipinski definition) is 5. The van der Waals surface area contributed by atoms with Gasteiger partial charge in [-0.1, -0.05) is 17.8 Å². The van der Waals surface area contributed by atoms with E-state index in [-0.39, 0.29) is 24.3 Å². The maximum Gasteiger partial charge on any atom is 0.288 e. The summed E-state index contributed by atoms with van der Waals surface area (Å²) in [6.45, 7) is 0.557. The highest BCUT2D eigenvalue weighted by molar-refractivity contribution is 8.13. The first-order valence-electron chi connectivity index (χ1n) is 5.62. The summed E-state index contributed by atoms with van der Waals surface area (Å²) in [5.41, 5.74) is 6.23. The lowest BCUT2D eigenvalue weighted by molar-refractivity contribution is -0.127. The van der Waals surface area contributed by atoms with Crippen LogP contribution < -0.4 is 10.5 Å². The van der Waals surface area contributed by atoms with Gasteiger partial charge in [0.1, 0.15) is 12.4 Å². The molecule has 1 aromatic rings. The van der Waals surface area contributed by atoms with Crippen molar-refractivity contribution in [1.29, 1.82) is 0 Å². The van der Waals surface area contributed by atoms with Crippen LogP contribution in [0.5, 0.6) is 5.75 Å².